The number of β-amino-alcohol motifs (C(OH)–C–C–N with tert-alkyl or cyclic N) is 1. The minimum absolute atomic E-state index is 0.0133. The predicted octanol–water partition coefficient (Wildman–Crippen LogP) is 2.60. The highest BCUT2D eigenvalue weighted by atomic mass is 16.5. The van der Waals surface area contributed by atoms with Gasteiger partial charge in [0, 0.05) is 18.7 Å². The standard InChI is InChI=1S/C17H23NO3/c19-14-9-10-18(12-14)17(20)13-5-4-8-16(11-13)21-15-6-2-1-3-7-15/h4-5,8,11,14-15,19H,1-3,6-7,9-10,12H2/t14-/m1/s1. The van der Waals surface area contributed by atoms with Gasteiger partial charge in [0.25, 0.3) is 5.91 Å². The Kier molecular flexibility index (Phi) is 4.44. The zero-order chi connectivity index (χ0) is 14.7. The van der Waals surface area contributed by atoms with Gasteiger partial charge in [0.1, 0.15) is 5.75 Å². The molecule has 3 rings (SSSR count). The highest BCUT2D eigenvalue weighted by Crippen LogP contribution is 2.24. The van der Waals surface area contributed by atoms with E-state index in [0.717, 1.165) is 18.6 Å². The number of ether oxygens (including phenoxy) is 1. The topological polar surface area (TPSA) is 49.8 Å². The molecule has 0 aromatic heterocycles. The SMILES string of the molecule is O=C(c1cccc(OC2CCCCC2)c1)N1CC[C@@H](O)C1. The van der Waals surface area contributed by atoms with Crippen LogP contribution in [-0.2, 0) is 0 Å². The Morgan fingerprint density at radius 3 is 2.71 bits per heavy atom. The molecule has 4 nitrogen and oxygen atoms in total. The fourth-order valence-electron chi connectivity index (χ4n) is 3.19. The lowest BCUT2D eigenvalue weighted by Crippen LogP contribution is -2.29. The van der Waals surface area contributed by atoms with E-state index in [9.17, 15) is 9.90 Å². The van der Waals surface area contributed by atoms with Gasteiger partial charge in [-0.3, -0.25) is 4.79 Å². The number of aliphatic hydroxyl groups is 1. The Labute approximate surface area is 125 Å². The molecule has 114 valence electrons. The van der Waals surface area contributed by atoms with Crippen molar-refractivity contribution in [3.8, 4) is 5.75 Å². The molecule has 1 saturated heterocycles. The van der Waals surface area contributed by atoms with Gasteiger partial charge in [-0.05, 0) is 50.3 Å². The van der Waals surface area contributed by atoms with E-state index in [-0.39, 0.29) is 18.1 Å². The van der Waals surface area contributed by atoms with Crippen molar-refractivity contribution in [3.63, 3.8) is 0 Å². The molecule has 1 aromatic rings. The summed E-state index contributed by atoms with van der Waals surface area (Å²) in [6.07, 6.45) is 6.56. The summed E-state index contributed by atoms with van der Waals surface area (Å²) >= 11 is 0. The normalized spacial score (nSPS) is 23.3. The molecular weight excluding hydrogens is 266 g/mol. The van der Waals surface area contributed by atoms with E-state index in [1.807, 2.05) is 24.3 Å². The number of rotatable bonds is 3. The fourth-order valence-corrected chi connectivity index (χ4v) is 3.19. The molecule has 1 aromatic carbocycles. The first-order valence-electron chi connectivity index (χ1n) is 7.96. The smallest absolute Gasteiger partial charge is 0.254 e. The summed E-state index contributed by atoms with van der Waals surface area (Å²) in [6.45, 7) is 1.07. The van der Waals surface area contributed by atoms with E-state index in [4.69, 9.17) is 4.74 Å². The molecule has 1 heterocycles. The lowest BCUT2D eigenvalue weighted by molar-refractivity contribution is 0.0764. The van der Waals surface area contributed by atoms with Crippen molar-refractivity contribution >= 4 is 5.91 Å². The van der Waals surface area contributed by atoms with E-state index in [2.05, 4.69) is 0 Å². The second-order valence-electron chi connectivity index (χ2n) is 6.10. The van der Waals surface area contributed by atoms with Crippen molar-refractivity contribution in [2.24, 2.45) is 0 Å². The van der Waals surface area contributed by atoms with Crippen LogP contribution in [0.25, 0.3) is 0 Å². The van der Waals surface area contributed by atoms with Crippen LogP contribution >= 0.6 is 0 Å². The Hall–Kier alpha value is -1.55. The maximum absolute atomic E-state index is 12.4. The fraction of sp³-hybridized carbons (Fsp3) is 0.588. The second kappa shape index (κ2) is 6.48. The van der Waals surface area contributed by atoms with Crippen LogP contribution in [0.2, 0.25) is 0 Å². The lowest BCUT2D eigenvalue weighted by atomic mass is 9.98. The Bertz CT molecular complexity index is 497. The van der Waals surface area contributed by atoms with E-state index in [1.165, 1.54) is 19.3 Å². The summed E-state index contributed by atoms with van der Waals surface area (Å²) in [5.74, 6) is 0.771. The van der Waals surface area contributed by atoms with Crippen LogP contribution in [0.5, 0.6) is 5.75 Å². The molecule has 0 spiro atoms. The van der Waals surface area contributed by atoms with Crippen LogP contribution in [0.3, 0.4) is 0 Å². The lowest BCUT2D eigenvalue weighted by Gasteiger charge is -2.23. The molecule has 0 unspecified atom stereocenters. The summed E-state index contributed by atoms with van der Waals surface area (Å²) in [5, 5.41) is 9.55. The predicted molar refractivity (Wildman–Crippen MR) is 80.5 cm³/mol. The molecule has 4 heteroatoms. The quantitative estimate of drug-likeness (QED) is 0.930. The number of amides is 1. The van der Waals surface area contributed by atoms with Crippen molar-refractivity contribution in [1.29, 1.82) is 0 Å². The molecular formula is C17H23NO3. The van der Waals surface area contributed by atoms with Gasteiger partial charge in [-0.2, -0.15) is 0 Å². The Morgan fingerprint density at radius 2 is 2.00 bits per heavy atom. The number of benzene rings is 1. The number of carbonyl (C=O) groups excluding carboxylic acids is 1. The minimum Gasteiger partial charge on any atom is -0.490 e. The van der Waals surface area contributed by atoms with Crippen molar-refractivity contribution in [1.82, 2.24) is 4.90 Å². The van der Waals surface area contributed by atoms with Gasteiger partial charge in [0.15, 0.2) is 0 Å². The third kappa shape index (κ3) is 3.56. The molecule has 0 bridgehead atoms. The maximum atomic E-state index is 12.4. The molecule has 21 heavy (non-hydrogen) atoms. The molecule has 1 saturated carbocycles. The van der Waals surface area contributed by atoms with E-state index < -0.39 is 0 Å². The van der Waals surface area contributed by atoms with Crippen LogP contribution < -0.4 is 4.74 Å². The van der Waals surface area contributed by atoms with Crippen molar-refractivity contribution < 1.29 is 14.6 Å². The molecule has 1 amide bonds. The monoisotopic (exact) mass is 289 g/mol. The number of likely N-dealkylation sites (tertiary alicyclic amines) is 1. The third-order valence-corrected chi connectivity index (χ3v) is 4.39. The zero-order valence-electron chi connectivity index (χ0n) is 12.3. The Morgan fingerprint density at radius 1 is 1.19 bits per heavy atom. The van der Waals surface area contributed by atoms with E-state index in [1.54, 1.807) is 4.90 Å². The molecule has 1 aliphatic carbocycles. The molecule has 2 aliphatic rings. The van der Waals surface area contributed by atoms with Crippen molar-refractivity contribution in [2.45, 2.75) is 50.7 Å². The van der Waals surface area contributed by atoms with Crippen LogP contribution in [-0.4, -0.2) is 41.2 Å². The first-order chi connectivity index (χ1) is 10.2. The average Bonchev–Trinajstić information content (AvgIpc) is 2.94. The highest BCUT2D eigenvalue weighted by molar-refractivity contribution is 5.94. The third-order valence-electron chi connectivity index (χ3n) is 4.39. The zero-order valence-corrected chi connectivity index (χ0v) is 12.3. The van der Waals surface area contributed by atoms with Gasteiger partial charge >= 0.3 is 0 Å². The molecule has 1 N–H and O–H groups in total. The van der Waals surface area contributed by atoms with Gasteiger partial charge in [-0.15, -0.1) is 0 Å². The Balaban J connectivity index is 1.66. The number of hydrogen-bond donors (Lipinski definition) is 1. The summed E-state index contributed by atoms with van der Waals surface area (Å²) in [7, 11) is 0. The summed E-state index contributed by atoms with van der Waals surface area (Å²) in [4.78, 5) is 14.1. The van der Waals surface area contributed by atoms with E-state index >= 15 is 0 Å². The van der Waals surface area contributed by atoms with Crippen LogP contribution in [0.4, 0.5) is 0 Å². The number of aliphatic hydroxyl groups excluding tert-OH is 1. The number of carbonyl (C=O) groups is 1. The van der Waals surface area contributed by atoms with Crippen molar-refractivity contribution in [3.05, 3.63) is 29.8 Å². The minimum atomic E-state index is -0.379. The number of nitrogens with zero attached hydrogens (tertiary/aromatic N) is 1. The molecule has 1 atom stereocenters. The van der Waals surface area contributed by atoms with Crippen LogP contribution in [0.15, 0.2) is 24.3 Å². The van der Waals surface area contributed by atoms with E-state index in [0.29, 0.717) is 25.1 Å². The summed E-state index contributed by atoms with van der Waals surface area (Å²) in [5.41, 5.74) is 0.650. The van der Waals surface area contributed by atoms with Crippen LogP contribution in [0, 0.1) is 0 Å². The largest absolute Gasteiger partial charge is 0.490 e. The van der Waals surface area contributed by atoms with Crippen LogP contribution in [0.1, 0.15) is 48.9 Å². The first-order valence-corrected chi connectivity index (χ1v) is 7.96. The summed E-state index contributed by atoms with van der Waals surface area (Å²) < 4.78 is 6.01. The summed E-state index contributed by atoms with van der Waals surface area (Å²) in [6, 6.07) is 7.45. The van der Waals surface area contributed by atoms with Crippen molar-refractivity contribution in [2.75, 3.05) is 13.1 Å². The second-order valence-corrected chi connectivity index (χ2v) is 6.10. The van der Waals surface area contributed by atoms with Gasteiger partial charge in [0.2, 0.25) is 0 Å². The average molecular weight is 289 g/mol. The highest BCUT2D eigenvalue weighted by Gasteiger charge is 2.25. The van der Waals surface area contributed by atoms with Gasteiger partial charge in [-0.25, -0.2) is 0 Å². The molecule has 0 radical (unpaired) electrons. The van der Waals surface area contributed by atoms with Gasteiger partial charge < -0.3 is 14.7 Å². The van der Waals surface area contributed by atoms with Gasteiger partial charge in [-0.1, -0.05) is 12.5 Å². The first kappa shape index (κ1) is 14.4. The number of hydrogen-bond acceptors (Lipinski definition) is 3. The maximum Gasteiger partial charge on any atom is 0.254 e. The molecule has 2 fully saturated rings. The van der Waals surface area contributed by atoms with Gasteiger partial charge in [0.05, 0.1) is 12.2 Å². The molecule has 1 aliphatic heterocycles.